The Hall–Kier alpha value is -0.680. The second-order valence-corrected chi connectivity index (χ2v) is 3.90. The van der Waals surface area contributed by atoms with Gasteiger partial charge in [0.1, 0.15) is 24.0 Å². The molecule has 0 unspecified atom stereocenters. The Morgan fingerprint density at radius 3 is 2.86 bits per heavy atom. The third-order valence-corrected chi connectivity index (χ3v) is 2.25. The summed E-state index contributed by atoms with van der Waals surface area (Å²) in [5.41, 5.74) is 6.11. The van der Waals surface area contributed by atoms with Crippen molar-refractivity contribution < 1.29 is 9.13 Å². The van der Waals surface area contributed by atoms with E-state index in [1.54, 1.807) is 18.2 Å². The fourth-order valence-corrected chi connectivity index (χ4v) is 1.49. The Morgan fingerprint density at radius 1 is 1.57 bits per heavy atom. The van der Waals surface area contributed by atoms with Gasteiger partial charge < -0.3 is 10.5 Å². The van der Waals surface area contributed by atoms with Crippen molar-refractivity contribution in [3.05, 3.63) is 28.2 Å². The molecule has 14 heavy (non-hydrogen) atoms. The van der Waals surface area contributed by atoms with Crippen LogP contribution >= 0.6 is 28.1 Å². The minimum atomic E-state index is -0.535. The van der Waals surface area contributed by atoms with E-state index in [1.807, 2.05) is 0 Å². The largest absolute Gasteiger partial charge is 0.490 e. The second kappa shape index (κ2) is 5.26. The summed E-state index contributed by atoms with van der Waals surface area (Å²) < 4.78 is 17.9. The van der Waals surface area contributed by atoms with Crippen molar-refractivity contribution in [3.63, 3.8) is 0 Å². The van der Waals surface area contributed by atoms with Gasteiger partial charge >= 0.3 is 0 Å². The van der Waals surface area contributed by atoms with E-state index in [9.17, 15) is 4.39 Å². The van der Waals surface area contributed by atoms with E-state index in [0.29, 0.717) is 11.3 Å². The molecule has 2 N–H and O–H groups in total. The zero-order chi connectivity index (χ0) is 10.6. The highest BCUT2D eigenvalue weighted by Gasteiger charge is 2.06. The Morgan fingerprint density at radius 2 is 2.29 bits per heavy atom. The van der Waals surface area contributed by atoms with Crippen LogP contribution in [0.15, 0.2) is 22.7 Å². The number of ether oxygens (including phenoxy) is 1. The Balaban J connectivity index is 2.96. The summed E-state index contributed by atoms with van der Waals surface area (Å²) in [5.74, 6) is 0.512. The molecule has 0 bridgehead atoms. The first-order chi connectivity index (χ1) is 6.65. The highest BCUT2D eigenvalue weighted by Crippen LogP contribution is 2.23. The van der Waals surface area contributed by atoms with Crippen LogP contribution in [0.5, 0.6) is 5.75 Å². The minimum Gasteiger partial charge on any atom is -0.490 e. The van der Waals surface area contributed by atoms with Gasteiger partial charge in [-0.2, -0.15) is 0 Å². The lowest BCUT2D eigenvalue weighted by Gasteiger charge is -2.09. The molecule has 0 radical (unpaired) electrons. The summed E-state index contributed by atoms with van der Waals surface area (Å²) in [6.07, 6.45) is 0. The minimum absolute atomic E-state index is 0.0112. The van der Waals surface area contributed by atoms with Gasteiger partial charge in [0.25, 0.3) is 0 Å². The number of rotatable bonds is 4. The van der Waals surface area contributed by atoms with Crippen LogP contribution in [-0.4, -0.2) is 18.3 Å². The van der Waals surface area contributed by atoms with Crippen LogP contribution in [0.1, 0.15) is 5.56 Å². The normalized spacial score (nSPS) is 9.86. The van der Waals surface area contributed by atoms with E-state index >= 15 is 0 Å². The quantitative estimate of drug-likeness (QED) is 0.859. The summed E-state index contributed by atoms with van der Waals surface area (Å²) in [7, 11) is 0. The van der Waals surface area contributed by atoms with Crippen molar-refractivity contribution in [2.45, 2.75) is 0 Å². The van der Waals surface area contributed by atoms with Gasteiger partial charge in [-0.25, -0.2) is 4.39 Å². The maximum absolute atomic E-state index is 11.9. The van der Waals surface area contributed by atoms with Gasteiger partial charge in [-0.15, -0.1) is 0 Å². The first-order valence-corrected chi connectivity index (χ1v) is 5.13. The Kier molecular flexibility index (Phi) is 4.28. The summed E-state index contributed by atoms with van der Waals surface area (Å²) >= 11 is 8.13. The molecule has 0 atom stereocenters. The molecule has 1 rings (SSSR count). The predicted octanol–water partition coefficient (Wildman–Crippen LogP) is 2.43. The molecule has 76 valence electrons. The van der Waals surface area contributed by atoms with Crippen LogP contribution in [0.2, 0.25) is 0 Å². The van der Waals surface area contributed by atoms with E-state index in [0.717, 1.165) is 4.47 Å². The predicted molar refractivity (Wildman–Crippen MR) is 61.5 cm³/mol. The third-order valence-electron chi connectivity index (χ3n) is 1.54. The number of alkyl halides is 1. The zero-order valence-corrected chi connectivity index (χ0v) is 9.70. The smallest absolute Gasteiger partial charge is 0.129 e. The maximum Gasteiger partial charge on any atom is 0.129 e. The lowest BCUT2D eigenvalue weighted by Crippen LogP contribution is -2.12. The van der Waals surface area contributed by atoms with E-state index in [2.05, 4.69) is 15.9 Å². The van der Waals surface area contributed by atoms with Crippen LogP contribution in [0.25, 0.3) is 0 Å². The van der Waals surface area contributed by atoms with Gasteiger partial charge in [0, 0.05) is 4.47 Å². The molecule has 0 aliphatic rings. The summed E-state index contributed by atoms with van der Waals surface area (Å²) in [6, 6.07) is 5.24. The molecule has 0 aliphatic heterocycles. The van der Waals surface area contributed by atoms with Gasteiger partial charge in [-0.3, -0.25) is 0 Å². The molecule has 0 fully saturated rings. The van der Waals surface area contributed by atoms with Crippen LogP contribution in [0.3, 0.4) is 0 Å². The molecular weight excluding hydrogens is 269 g/mol. The van der Waals surface area contributed by atoms with Crippen LogP contribution in [0, 0.1) is 0 Å². The van der Waals surface area contributed by atoms with Crippen molar-refractivity contribution in [1.82, 2.24) is 0 Å². The number of hydrogen-bond donors (Lipinski definition) is 1. The van der Waals surface area contributed by atoms with Crippen molar-refractivity contribution in [2.75, 3.05) is 13.3 Å². The molecule has 0 saturated carbocycles. The number of thiocarbonyl (C=S) groups is 1. The number of benzene rings is 1. The van der Waals surface area contributed by atoms with Crippen LogP contribution in [-0.2, 0) is 0 Å². The van der Waals surface area contributed by atoms with Gasteiger partial charge in [0.15, 0.2) is 0 Å². The average Bonchev–Trinajstić information content (AvgIpc) is 2.15. The molecule has 5 heteroatoms. The summed E-state index contributed by atoms with van der Waals surface area (Å²) in [6.45, 7) is -0.524. The molecule has 0 aromatic heterocycles. The van der Waals surface area contributed by atoms with Crippen LogP contribution in [0.4, 0.5) is 4.39 Å². The lowest BCUT2D eigenvalue weighted by atomic mass is 10.2. The molecule has 0 heterocycles. The highest BCUT2D eigenvalue weighted by atomic mass is 79.9. The van der Waals surface area contributed by atoms with Crippen molar-refractivity contribution in [3.8, 4) is 5.75 Å². The molecular formula is C9H9BrFNOS. The maximum atomic E-state index is 11.9. The van der Waals surface area contributed by atoms with Crippen molar-refractivity contribution in [2.24, 2.45) is 5.73 Å². The molecule has 0 aliphatic carbocycles. The molecule has 0 saturated heterocycles. The van der Waals surface area contributed by atoms with Gasteiger partial charge in [-0.05, 0) is 18.2 Å². The fraction of sp³-hybridized carbons (Fsp3) is 0.222. The Labute approximate surface area is 95.4 Å². The monoisotopic (exact) mass is 277 g/mol. The first kappa shape index (κ1) is 11.4. The summed E-state index contributed by atoms with van der Waals surface area (Å²) in [4.78, 5) is 0.236. The van der Waals surface area contributed by atoms with Crippen molar-refractivity contribution >= 4 is 33.1 Å². The highest BCUT2D eigenvalue weighted by molar-refractivity contribution is 9.10. The van der Waals surface area contributed by atoms with E-state index < -0.39 is 6.67 Å². The van der Waals surface area contributed by atoms with Gasteiger partial charge in [0.2, 0.25) is 0 Å². The first-order valence-electron chi connectivity index (χ1n) is 3.93. The molecule has 0 amide bonds. The topological polar surface area (TPSA) is 35.2 Å². The zero-order valence-electron chi connectivity index (χ0n) is 7.30. The molecule has 1 aromatic carbocycles. The van der Waals surface area contributed by atoms with Gasteiger partial charge in [0.05, 0.1) is 5.56 Å². The Bertz CT molecular complexity index is 346. The summed E-state index contributed by atoms with van der Waals surface area (Å²) in [5, 5.41) is 0. The van der Waals surface area contributed by atoms with E-state index in [-0.39, 0.29) is 11.6 Å². The average molecular weight is 278 g/mol. The van der Waals surface area contributed by atoms with Gasteiger partial charge in [-0.1, -0.05) is 28.1 Å². The van der Waals surface area contributed by atoms with E-state index in [1.165, 1.54) is 0 Å². The number of halogens is 2. The fourth-order valence-electron chi connectivity index (χ4n) is 0.969. The third kappa shape index (κ3) is 2.92. The SMILES string of the molecule is NC(=S)c1cc(Br)ccc1OCCF. The van der Waals surface area contributed by atoms with E-state index in [4.69, 9.17) is 22.7 Å². The molecule has 2 nitrogen and oxygen atoms in total. The van der Waals surface area contributed by atoms with Crippen molar-refractivity contribution in [1.29, 1.82) is 0 Å². The van der Waals surface area contributed by atoms with Crippen LogP contribution < -0.4 is 10.5 Å². The lowest BCUT2D eigenvalue weighted by molar-refractivity contribution is 0.273. The molecule has 0 spiro atoms. The number of hydrogen-bond acceptors (Lipinski definition) is 2. The second-order valence-electron chi connectivity index (χ2n) is 2.54. The standard InChI is InChI=1S/C9H9BrFNOS/c10-6-1-2-8(13-4-3-11)7(5-6)9(12)14/h1-2,5H,3-4H2,(H2,12,14). The number of nitrogens with two attached hydrogens (primary N) is 1. The molecule has 1 aromatic rings.